The monoisotopic (exact) mass is 505 g/mol. The Kier molecular flexibility index (Phi) is 5.31. The number of aryl methyl sites for hydroxylation is 1. The first-order valence-electron chi connectivity index (χ1n) is 9.72. The fourth-order valence-corrected chi connectivity index (χ4v) is 6.39. The van der Waals surface area contributed by atoms with Gasteiger partial charge in [-0.25, -0.2) is 22.2 Å². The molecule has 0 amide bonds. The largest absolute Gasteiger partial charge is 0.345 e. The molecule has 3 heterocycles. The van der Waals surface area contributed by atoms with Crippen LogP contribution >= 0.6 is 22.9 Å². The number of ketones is 1. The van der Waals surface area contributed by atoms with Crippen LogP contribution in [0.1, 0.15) is 32.8 Å². The summed E-state index contributed by atoms with van der Waals surface area (Å²) in [6.45, 7) is 0. The lowest BCUT2D eigenvalue weighted by molar-refractivity contribution is 0.103. The van der Waals surface area contributed by atoms with Gasteiger partial charge in [-0.1, -0.05) is 23.8 Å². The average molecular weight is 506 g/mol. The van der Waals surface area contributed by atoms with E-state index in [1.807, 2.05) is 12.2 Å². The number of carbonyl (C=O) groups is 1. The molecule has 0 aliphatic heterocycles. The normalized spacial score (nSPS) is 13.3. The lowest BCUT2D eigenvalue weighted by Crippen LogP contribution is -2.15. The van der Waals surface area contributed by atoms with Gasteiger partial charge in [0, 0.05) is 28.2 Å². The molecule has 0 saturated heterocycles. The second-order valence-electron chi connectivity index (χ2n) is 7.36. The fourth-order valence-electron chi connectivity index (χ4n) is 3.65. The summed E-state index contributed by atoms with van der Waals surface area (Å²) in [5.74, 6) is -3.41. The molecule has 2 N–H and O–H groups in total. The summed E-state index contributed by atoms with van der Waals surface area (Å²) in [5.41, 5.74) is -0.345. The standard InChI is InChI=1S/C22H14ClF2N3O3S2/c23-12-8-13-14(10-27-22(13)26-9-12)21(29)19-15(24)5-6-16(20(19)25)28-33(30,31)18-7-11-3-1-2-4-17(11)32-18/h1,3,5-10,28H,2,4H2,(H,26,27). The van der Waals surface area contributed by atoms with E-state index in [1.54, 1.807) is 0 Å². The molecule has 33 heavy (non-hydrogen) atoms. The van der Waals surface area contributed by atoms with Crippen molar-refractivity contribution in [3.63, 3.8) is 0 Å². The number of benzene rings is 1. The van der Waals surface area contributed by atoms with E-state index in [1.165, 1.54) is 24.5 Å². The van der Waals surface area contributed by atoms with Crippen LogP contribution in [0.2, 0.25) is 5.02 Å². The molecule has 0 fully saturated rings. The highest BCUT2D eigenvalue weighted by molar-refractivity contribution is 7.94. The zero-order chi connectivity index (χ0) is 23.3. The van der Waals surface area contributed by atoms with Gasteiger partial charge in [0.2, 0.25) is 5.78 Å². The highest BCUT2D eigenvalue weighted by Crippen LogP contribution is 2.34. The SMILES string of the molecule is O=C(c1c(F)ccc(NS(=O)(=O)c2cc3c(s2)CCC=C3)c1F)c1c[nH]c2ncc(Cl)cc12. The Labute approximate surface area is 196 Å². The molecule has 1 aliphatic rings. The Bertz CT molecular complexity index is 1580. The van der Waals surface area contributed by atoms with Gasteiger partial charge in [-0.3, -0.25) is 9.52 Å². The second kappa shape index (κ2) is 8.05. The Morgan fingerprint density at radius 2 is 2.06 bits per heavy atom. The van der Waals surface area contributed by atoms with Gasteiger partial charge >= 0.3 is 0 Å². The molecule has 4 aromatic rings. The Hall–Kier alpha value is -3.08. The summed E-state index contributed by atoms with van der Waals surface area (Å²) < 4.78 is 57.8. The molecule has 3 aromatic heterocycles. The van der Waals surface area contributed by atoms with Crippen LogP contribution in [0.4, 0.5) is 14.5 Å². The van der Waals surface area contributed by atoms with Crippen molar-refractivity contribution in [2.45, 2.75) is 17.1 Å². The quantitative estimate of drug-likeness (QED) is 0.348. The highest BCUT2D eigenvalue weighted by atomic mass is 35.5. The van der Waals surface area contributed by atoms with E-state index in [9.17, 15) is 17.6 Å². The topological polar surface area (TPSA) is 91.9 Å². The highest BCUT2D eigenvalue weighted by Gasteiger charge is 2.27. The molecule has 6 nitrogen and oxygen atoms in total. The Balaban J connectivity index is 1.53. The number of thiophene rings is 1. The van der Waals surface area contributed by atoms with E-state index in [4.69, 9.17) is 11.6 Å². The van der Waals surface area contributed by atoms with Gasteiger partial charge in [-0.15, -0.1) is 11.3 Å². The van der Waals surface area contributed by atoms with E-state index in [2.05, 4.69) is 14.7 Å². The van der Waals surface area contributed by atoms with Crippen LogP contribution < -0.4 is 4.72 Å². The van der Waals surface area contributed by atoms with Crippen molar-refractivity contribution < 1.29 is 22.0 Å². The number of anilines is 1. The number of fused-ring (bicyclic) bond motifs is 2. The number of carbonyl (C=O) groups excluding carboxylic acids is 1. The summed E-state index contributed by atoms with van der Waals surface area (Å²) in [5, 5.41) is 0.529. The van der Waals surface area contributed by atoms with E-state index in [-0.39, 0.29) is 20.2 Å². The molecule has 5 rings (SSSR count). The van der Waals surface area contributed by atoms with Crippen molar-refractivity contribution in [3.8, 4) is 0 Å². The Morgan fingerprint density at radius 1 is 1.24 bits per heavy atom. The first-order valence-corrected chi connectivity index (χ1v) is 12.4. The van der Waals surface area contributed by atoms with Gasteiger partial charge in [-0.2, -0.15) is 0 Å². The number of rotatable bonds is 5. The van der Waals surface area contributed by atoms with E-state index in [0.717, 1.165) is 46.8 Å². The maximum atomic E-state index is 15.3. The number of sulfonamides is 1. The number of nitrogens with zero attached hydrogens (tertiary/aromatic N) is 1. The zero-order valence-corrected chi connectivity index (χ0v) is 19.0. The third-order valence-electron chi connectivity index (χ3n) is 5.22. The molecular formula is C22H14ClF2N3O3S2. The maximum absolute atomic E-state index is 15.3. The lowest BCUT2D eigenvalue weighted by atomic mass is 10.0. The smallest absolute Gasteiger partial charge is 0.271 e. The minimum Gasteiger partial charge on any atom is -0.345 e. The third-order valence-corrected chi connectivity index (χ3v) is 8.48. The number of aromatic nitrogens is 2. The number of halogens is 3. The van der Waals surface area contributed by atoms with Gasteiger partial charge in [0.15, 0.2) is 5.82 Å². The fraction of sp³-hybridized carbons (Fsp3) is 0.0909. The number of hydrogen-bond acceptors (Lipinski definition) is 5. The lowest BCUT2D eigenvalue weighted by Gasteiger charge is -2.11. The summed E-state index contributed by atoms with van der Waals surface area (Å²) in [6, 6.07) is 4.74. The van der Waals surface area contributed by atoms with E-state index in [0.29, 0.717) is 5.65 Å². The number of aromatic amines is 1. The van der Waals surface area contributed by atoms with Crippen molar-refractivity contribution >= 4 is 61.5 Å². The molecule has 0 radical (unpaired) electrons. The van der Waals surface area contributed by atoms with Crippen LogP contribution in [-0.4, -0.2) is 24.2 Å². The summed E-state index contributed by atoms with van der Waals surface area (Å²) in [4.78, 5) is 20.7. The van der Waals surface area contributed by atoms with Gasteiger partial charge in [-0.05, 0) is 42.7 Å². The molecular weight excluding hydrogens is 492 g/mol. The molecule has 1 aliphatic carbocycles. The summed E-state index contributed by atoms with van der Waals surface area (Å²) >= 11 is 7.03. The minimum absolute atomic E-state index is 0.00740. The molecule has 0 atom stereocenters. The van der Waals surface area contributed by atoms with E-state index >= 15 is 4.39 Å². The number of hydrogen-bond donors (Lipinski definition) is 2. The van der Waals surface area contributed by atoms with Crippen LogP contribution in [0.5, 0.6) is 0 Å². The number of H-pyrrole nitrogens is 1. The third kappa shape index (κ3) is 3.84. The summed E-state index contributed by atoms with van der Waals surface area (Å²) in [7, 11) is -4.15. The average Bonchev–Trinajstić information content (AvgIpc) is 3.40. The number of nitrogens with one attached hydrogen (secondary N) is 2. The van der Waals surface area contributed by atoms with Gasteiger partial charge in [0.05, 0.1) is 16.3 Å². The first-order chi connectivity index (χ1) is 15.7. The molecule has 0 spiro atoms. The van der Waals surface area contributed by atoms with Crippen LogP contribution in [0, 0.1) is 11.6 Å². The number of pyridine rings is 1. The van der Waals surface area contributed by atoms with Crippen molar-refractivity contribution in [1.29, 1.82) is 0 Å². The molecule has 11 heteroatoms. The van der Waals surface area contributed by atoms with Crippen molar-refractivity contribution in [1.82, 2.24) is 9.97 Å². The second-order valence-corrected chi connectivity index (χ2v) is 10.8. The van der Waals surface area contributed by atoms with Crippen LogP contribution in [0.15, 0.2) is 46.9 Å². The molecule has 0 saturated carbocycles. The van der Waals surface area contributed by atoms with Crippen LogP contribution in [0.25, 0.3) is 17.1 Å². The predicted molar refractivity (Wildman–Crippen MR) is 123 cm³/mol. The van der Waals surface area contributed by atoms with Gasteiger partial charge < -0.3 is 4.98 Å². The Morgan fingerprint density at radius 3 is 2.85 bits per heavy atom. The molecule has 168 valence electrons. The summed E-state index contributed by atoms with van der Waals surface area (Å²) in [6.07, 6.45) is 7.96. The van der Waals surface area contributed by atoms with Gasteiger partial charge in [0.1, 0.15) is 15.7 Å². The van der Waals surface area contributed by atoms with Crippen molar-refractivity contribution in [2.24, 2.45) is 0 Å². The molecule has 0 unspecified atom stereocenters. The van der Waals surface area contributed by atoms with Gasteiger partial charge in [0.25, 0.3) is 10.0 Å². The zero-order valence-electron chi connectivity index (χ0n) is 16.7. The van der Waals surface area contributed by atoms with Crippen LogP contribution in [0.3, 0.4) is 0 Å². The molecule has 1 aromatic carbocycles. The molecule has 0 bridgehead atoms. The van der Waals surface area contributed by atoms with Crippen LogP contribution in [-0.2, 0) is 16.4 Å². The first kappa shape index (κ1) is 21.7. The maximum Gasteiger partial charge on any atom is 0.271 e. The van der Waals surface area contributed by atoms with Crippen molar-refractivity contribution in [3.05, 3.63) is 81.0 Å². The minimum atomic E-state index is -4.15. The number of allylic oxidation sites excluding steroid dienone is 1. The van der Waals surface area contributed by atoms with Crippen molar-refractivity contribution in [2.75, 3.05) is 4.72 Å². The van der Waals surface area contributed by atoms with E-state index < -0.39 is 38.7 Å². The predicted octanol–water partition coefficient (Wildman–Crippen LogP) is 5.55.